The third-order valence-corrected chi connectivity index (χ3v) is 5.11. The molecule has 0 aliphatic heterocycles. The van der Waals surface area contributed by atoms with Crippen LogP contribution < -0.4 is 10.5 Å². The second kappa shape index (κ2) is 5.72. The van der Waals surface area contributed by atoms with Crippen LogP contribution in [0.15, 0.2) is 36.6 Å². The Morgan fingerprint density at radius 2 is 2.10 bits per heavy atom. The van der Waals surface area contributed by atoms with Gasteiger partial charge in [-0.15, -0.1) is 0 Å². The van der Waals surface area contributed by atoms with Gasteiger partial charge < -0.3 is 14.6 Å². The number of hydrogen-bond acceptors (Lipinski definition) is 5. The summed E-state index contributed by atoms with van der Waals surface area (Å²) in [5.74, 6) is 1.66. The summed E-state index contributed by atoms with van der Waals surface area (Å²) >= 11 is 3.08. The molecule has 0 amide bonds. The predicted octanol–water partition coefficient (Wildman–Crippen LogP) is 2.44. The Morgan fingerprint density at radius 3 is 2.60 bits per heavy atom. The lowest BCUT2D eigenvalue weighted by atomic mass is 10.3. The summed E-state index contributed by atoms with van der Waals surface area (Å²) in [4.78, 5) is 0.0214. The highest BCUT2D eigenvalue weighted by atomic mass is 79.9. The topological polar surface area (TPSA) is 98.5 Å². The van der Waals surface area contributed by atoms with Crippen molar-refractivity contribution in [3.05, 3.63) is 40.1 Å². The zero-order valence-electron chi connectivity index (χ0n) is 11.0. The number of sulfonamides is 1. The SMILES string of the molecule is Cc1ccc(C(C)NS(=O)(=O)c2cc(CN)oc2Br)o1. The number of aryl methyl sites for hydroxylation is 1. The van der Waals surface area contributed by atoms with E-state index in [1.165, 1.54) is 6.07 Å². The van der Waals surface area contributed by atoms with Gasteiger partial charge in [0.1, 0.15) is 22.2 Å². The number of halogens is 1. The summed E-state index contributed by atoms with van der Waals surface area (Å²) < 4.78 is 37.8. The Balaban J connectivity index is 2.24. The van der Waals surface area contributed by atoms with Crippen molar-refractivity contribution in [3.8, 4) is 0 Å². The van der Waals surface area contributed by atoms with Crippen molar-refractivity contribution in [2.45, 2.75) is 31.3 Å². The molecule has 2 heterocycles. The van der Waals surface area contributed by atoms with E-state index in [0.717, 1.165) is 5.76 Å². The van der Waals surface area contributed by atoms with Crippen LogP contribution in [0.25, 0.3) is 0 Å². The first kappa shape index (κ1) is 15.3. The van der Waals surface area contributed by atoms with E-state index >= 15 is 0 Å². The summed E-state index contributed by atoms with van der Waals surface area (Å²) in [5.41, 5.74) is 5.43. The van der Waals surface area contributed by atoms with Crippen LogP contribution in [0, 0.1) is 6.92 Å². The van der Waals surface area contributed by atoms with Crippen LogP contribution in [0.5, 0.6) is 0 Å². The molecule has 0 saturated heterocycles. The molecule has 0 spiro atoms. The van der Waals surface area contributed by atoms with E-state index in [2.05, 4.69) is 20.7 Å². The maximum Gasteiger partial charge on any atom is 0.245 e. The molecule has 0 aromatic carbocycles. The maximum absolute atomic E-state index is 12.3. The van der Waals surface area contributed by atoms with Crippen molar-refractivity contribution in [3.63, 3.8) is 0 Å². The fraction of sp³-hybridized carbons (Fsp3) is 0.333. The lowest BCUT2D eigenvalue weighted by Gasteiger charge is -2.11. The van der Waals surface area contributed by atoms with Gasteiger partial charge in [0.15, 0.2) is 4.67 Å². The number of nitrogens with two attached hydrogens (primary N) is 1. The minimum absolute atomic E-state index is 0.0214. The van der Waals surface area contributed by atoms with Gasteiger partial charge in [-0.2, -0.15) is 0 Å². The van der Waals surface area contributed by atoms with Gasteiger partial charge in [0.05, 0.1) is 12.6 Å². The summed E-state index contributed by atoms with van der Waals surface area (Å²) in [6.07, 6.45) is 0. The van der Waals surface area contributed by atoms with Crippen molar-refractivity contribution in [2.24, 2.45) is 5.73 Å². The second-order valence-corrected chi connectivity index (χ2v) is 6.75. The number of furan rings is 2. The Labute approximate surface area is 125 Å². The van der Waals surface area contributed by atoms with Crippen LogP contribution in [-0.4, -0.2) is 8.42 Å². The van der Waals surface area contributed by atoms with E-state index in [1.807, 2.05) is 0 Å². The molecule has 3 N–H and O–H groups in total. The Bertz CT molecular complexity index is 705. The molecule has 6 nitrogen and oxygen atoms in total. The Kier molecular flexibility index (Phi) is 4.38. The second-order valence-electron chi connectivity index (χ2n) is 4.35. The molecule has 0 bridgehead atoms. The molecule has 0 saturated carbocycles. The highest BCUT2D eigenvalue weighted by Crippen LogP contribution is 2.27. The molecule has 1 atom stereocenters. The molecule has 1 unspecified atom stereocenters. The lowest BCUT2D eigenvalue weighted by Crippen LogP contribution is -2.26. The van der Waals surface area contributed by atoms with E-state index in [0.29, 0.717) is 11.5 Å². The van der Waals surface area contributed by atoms with Gasteiger partial charge in [0.2, 0.25) is 10.0 Å². The van der Waals surface area contributed by atoms with E-state index in [1.54, 1.807) is 26.0 Å². The third-order valence-electron chi connectivity index (χ3n) is 2.72. The fourth-order valence-corrected chi connectivity index (χ4v) is 3.93. The first-order valence-electron chi connectivity index (χ1n) is 5.90. The molecule has 2 aromatic rings. The summed E-state index contributed by atoms with van der Waals surface area (Å²) in [6, 6.07) is 4.42. The Hall–Kier alpha value is -1.09. The molecule has 0 aliphatic rings. The zero-order chi connectivity index (χ0) is 14.9. The quantitative estimate of drug-likeness (QED) is 0.850. The molecule has 2 aromatic heterocycles. The molecule has 110 valence electrons. The average molecular weight is 363 g/mol. The molecular formula is C12H15BrN2O4S. The first-order valence-corrected chi connectivity index (χ1v) is 8.18. The predicted molar refractivity (Wildman–Crippen MR) is 76.5 cm³/mol. The van der Waals surface area contributed by atoms with Crippen molar-refractivity contribution in [1.29, 1.82) is 0 Å². The molecule has 0 fully saturated rings. The van der Waals surface area contributed by atoms with Crippen LogP contribution in [0.2, 0.25) is 0 Å². The molecule has 0 aliphatic carbocycles. The van der Waals surface area contributed by atoms with Crippen LogP contribution >= 0.6 is 15.9 Å². The zero-order valence-corrected chi connectivity index (χ0v) is 13.4. The van der Waals surface area contributed by atoms with Crippen molar-refractivity contribution in [1.82, 2.24) is 4.72 Å². The normalized spacial score (nSPS) is 13.6. The third kappa shape index (κ3) is 3.14. The van der Waals surface area contributed by atoms with Crippen molar-refractivity contribution < 1.29 is 17.3 Å². The van der Waals surface area contributed by atoms with E-state index < -0.39 is 16.1 Å². The number of hydrogen-bond donors (Lipinski definition) is 2. The van der Waals surface area contributed by atoms with Gasteiger partial charge in [-0.25, -0.2) is 13.1 Å². The van der Waals surface area contributed by atoms with E-state index in [-0.39, 0.29) is 16.1 Å². The molecule has 0 radical (unpaired) electrons. The van der Waals surface area contributed by atoms with Crippen LogP contribution in [0.1, 0.15) is 30.2 Å². The van der Waals surface area contributed by atoms with Gasteiger partial charge in [-0.3, -0.25) is 0 Å². The van der Waals surface area contributed by atoms with Gasteiger partial charge in [-0.1, -0.05) is 0 Å². The van der Waals surface area contributed by atoms with Gasteiger partial charge in [0.25, 0.3) is 0 Å². The summed E-state index contributed by atoms with van der Waals surface area (Å²) in [5, 5.41) is 0. The van der Waals surface area contributed by atoms with Crippen LogP contribution in [0.3, 0.4) is 0 Å². The maximum atomic E-state index is 12.3. The molecule has 8 heteroatoms. The monoisotopic (exact) mass is 362 g/mol. The molecule has 2 rings (SSSR count). The number of rotatable bonds is 5. The van der Waals surface area contributed by atoms with Gasteiger partial charge >= 0.3 is 0 Å². The van der Waals surface area contributed by atoms with E-state index in [9.17, 15) is 8.42 Å². The minimum Gasteiger partial charge on any atom is -0.465 e. The van der Waals surface area contributed by atoms with E-state index in [4.69, 9.17) is 14.6 Å². The van der Waals surface area contributed by atoms with Gasteiger partial charge in [-0.05, 0) is 41.9 Å². The smallest absolute Gasteiger partial charge is 0.245 e. The first-order chi connectivity index (χ1) is 9.33. The standard InChI is InChI=1S/C12H15BrN2O4S/c1-7-3-4-10(18-7)8(2)15-20(16,17)11-5-9(6-14)19-12(11)13/h3-5,8,15H,6,14H2,1-2H3. The average Bonchev–Trinajstić information content (AvgIpc) is 2.95. The molecular weight excluding hydrogens is 348 g/mol. The summed E-state index contributed by atoms with van der Waals surface area (Å²) in [7, 11) is -3.72. The molecule has 20 heavy (non-hydrogen) atoms. The van der Waals surface area contributed by atoms with Gasteiger partial charge in [0, 0.05) is 6.07 Å². The highest BCUT2D eigenvalue weighted by Gasteiger charge is 2.25. The fourth-order valence-electron chi connectivity index (χ4n) is 1.72. The minimum atomic E-state index is -3.72. The summed E-state index contributed by atoms with van der Waals surface area (Å²) in [6.45, 7) is 3.62. The number of nitrogens with one attached hydrogen (secondary N) is 1. The lowest BCUT2D eigenvalue weighted by molar-refractivity contribution is 0.440. The Morgan fingerprint density at radius 1 is 1.40 bits per heavy atom. The van der Waals surface area contributed by atoms with Crippen LogP contribution in [0.4, 0.5) is 0 Å². The van der Waals surface area contributed by atoms with Crippen molar-refractivity contribution in [2.75, 3.05) is 0 Å². The highest BCUT2D eigenvalue weighted by molar-refractivity contribution is 9.10. The van der Waals surface area contributed by atoms with Crippen LogP contribution in [-0.2, 0) is 16.6 Å². The largest absolute Gasteiger partial charge is 0.465 e. The van der Waals surface area contributed by atoms with Crippen molar-refractivity contribution >= 4 is 26.0 Å².